The molecule has 1 N–H and O–H groups in total. The van der Waals surface area contributed by atoms with Crippen LogP contribution in [0.1, 0.15) is 43.9 Å². The summed E-state index contributed by atoms with van der Waals surface area (Å²) in [5.74, 6) is 0.728. The van der Waals surface area contributed by atoms with Crippen molar-refractivity contribution in [3.05, 3.63) is 53.6 Å². The first-order chi connectivity index (χ1) is 14.1. The van der Waals surface area contributed by atoms with Gasteiger partial charge in [0, 0.05) is 7.05 Å². The Hall–Kier alpha value is -2.58. The average molecular weight is 435 g/mol. The summed E-state index contributed by atoms with van der Waals surface area (Å²) >= 11 is 0. The van der Waals surface area contributed by atoms with Gasteiger partial charge in [0.25, 0.3) is 0 Å². The van der Waals surface area contributed by atoms with Crippen LogP contribution in [0.3, 0.4) is 0 Å². The number of ether oxygens (including phenoxy) is 2. The Morgan fingerprint density at radius 3 is 2.13 bits per heavy atom. The van der Waals surface area contributed by atoms with E-state index in [1.54, 1.807) is 19.2 Å². The third-order valence-corrected chi connectivity index (χ3v) is 6.73. The van der Waals surface area contributed by atoms with Gasteiger partial charge in [-0.05, 0) is 48.2 Å². The van der Waals surface area contributed by atoms with E-state index in [-0.39, 0.29) is 29.1 Å². The lowest BCUT2D eigenvalue weighted by molar-refractivity contribution is -0.121. The number of rotatable bonds is 9. The standard InChI is InChI=1S/C22H30N2O5S/c1-15(2)18-9-12-20(29-6)21(13-18)30(26,27)24(4)14-22(25)23-16(3)17-7-10-19(28-5)11-8-17/h7-13,15-16H,14H2,1-6H3,(H,23,25). The van der Waals surface area contributed by atoms with Crippen molar-refractivity contribution in [2.45, 2.75) is 37.6 Å². The quantitative estimate of drug-likeness (QED) is 0.654. The van der Waals surface area contributed by atoms with E-state index in [2.05, 4.69) is 5.32 Å². The van der Waals surface area contributed by atoms with Gasteiger partial charge >= 0.3 is 0 Å². The zero-order valence-electron chi connectivity index (χ0n) is 18.3. The van der Waals surface area contributed by atoms with E-state index in [0.29, 0.717) is 0 Å². The highest BCUT2D eigenvalue weighted by Gasteiger charge is 2.27. The Bertz CT molecular complexity index is 972. The first-order valence-electron chi connectivity index (χ1n) is 9.67. The Morgan fingerprint density at radius 1 is 1.00 bits per heavy atom. The van der Waals surface area contributed by atoms with Crippen molar-refractivity contribution >= 4 is 15.9 Å². The van der Waals surface area contributed by atoms with Gasteiger partial charge in [0.1, 0.15) is 16.4 Å². The Morgan fingerprint density at radius 2 is 1.60 bits per heavy atom. The van der Waals surface area contributed by atoms with E-state index >= 15 is 0 Å². The second-order valence-corrected chi connectivity index (χ2v) is 9.40. The third kappa shape index (κ3) is 5.52. The van der Waals surface area contributed by atoms with Crippen LogP contribution < -0.4 is 14.8 Å². The molecule has 2 rings (SSSR count). The Balaban J connectivity index is 2.14. The molecule has 7 nitrogen and oxygen atoms in total. The molecule has 0 aliphatic rings. The average Bonchev–Trinajstić information content (AvgIpc) is 2.72. The predicted molar refractivity (Wildman–Crippen MR) is 116 cm³/mol. The SMILES string of the molecule is COc1ccc(C(C)NC(=O)CN(C)S(=O)(=O)c2cc(C(C)C)ccc2OC)cc1. The number of sulfonamides is 1. The van der Waals surface area contributed by atoms with Crippen molar-refractivity contribution in [1.82, 2.24) is 9.62 Å². The summed E-state index contributed by atoms with van der Waals surface area (Å²) in [5.41, 5.74) is 1.77. The molecule has 0 aromatic heterocycles. The largest absolute Gasteiger partial charge is 0.497 e. The number of methoxy groups -OCH3 is 2. The number of carbonyl (C=O) groups is 1. The molecule has 0 spiro atoms. The van der Waals surface area contributed by atoms with E-state index in [0.717, 1.165) is 21.2 Å². The summed E-state index contributed by atoms with van der Waals surface area (Å²) in [5, 5.41) is 2.83. The maximum Gasteiger partial charge on any atom is 0.246 e. The fourth-order valence-electron chi connectivity index (χ4n) is 2.97. The number of hydrogen-bond donors (Lipinski definition) is 1. The lowest BCUT2D eigenvalue weighted by atomic mass is 10.0. The van der Waals surface area contributed by atoms with Crippen LogP contribution in [-0.2, 0) is 14.8 Å². The van der Waals surface area contributed by atoms with Crippen LogP contribution in [-0.4, -0.2) is 46.4 Å². The second-order valence-electron chi connectivity index (χ2n) is 7.39. The molecule has 1 amide bonds. The van der Waals surface area contributed by atoms with Crippen molar-refractivity contribution in [2.24, 2.45) is 0 Å². The lowest BCUT2D eigenvalue weighted by Crippen LogP contribution is -2.39. The topological polar surface area (TPSA) is 84.9 Å². The first-order valence-corrected chi connectivity index (χ1v) is 11.1. The van der Waals surface area contributed by atoms with Crippen molar-refractivity contribution in [3.8, 4) is 11.5 Å². The van der Waals surface area contributed by atoms with Gasteiger partial charge in [-0.3, -0.25) is 4.79 Å². The zero-order chi connectivity index (χ0) is 22.5. The molecule has 1 atom stereocenters. The van der Waals surface area contributed by atoms with Gasteiger partial charge in [-0.1, -0.05) is 32.0 Å². The fraction of sp³-hybridized carbons (Fsp3) is 0.409. The van der Waals surface area contributed by atoms with Gasteiger partial charge in [0.2, 0.25) is 15.9 Å². The smallest absolute Gasteiger partial charge is 0.246 e. The van der Waals surface area contributed by atoms with Gasteiger partial charge in [-0.2, -0.15) is 4.31 Å². The molecule has 0 heterocycles. The first kappa shape index (κ1) is 23.7. The molecule has 0 saturated heterocycles. The molecular weight excluding hydrogens is 404 g/mol. The van der Waals surface area contributed by atoms with Crippen LogP contribution in [0.2, 0.25) is 0 Å². The highest BCUT2D eigenvalue weighted by atomic mass is 32.2. The summed E-state index contributed by atoms with van der Waals surface area (Å²) in [4.78, 5) is 12.5. The molecular formula is C22H30N2O5S. The number of hydrogen-bond acceptors (Lipinski definition) is 5. The number of nitrogens with one attached hydrogen (secondary N) is 1. The molecule has 2 aromatic rings. The number of amides is 1. The maximum absolute atomic E-state index is 13.1. The highest BCUT2D eigenvalue weighted by molar-refractivity contribution is 7.89. The monoisotopic (exact) mass is 434 g/mol. The molecule has 1 unspecified atom stereocenters. The summed E-state index contributed by atoms with van der Waals surface area (Å²) in [6, 6.07) is 12.1. The normalized spacial score (nSPS) is 12.7. The minimum absolute atomic E-state index is 0.0507. The van der Waals surface area contributed by atoms with E-state index in [1.165, 1.54) is 14.2 Å². The van der Waals surface area contributed by atoms with Crippen molar-refractivity contribution in [2.75, 3.05) is 27.8 Å². The van der Waals surface area contributed by atoms with Crippen molar-refractivity contribution in [3.63, 3.8) is 0 Å². The van der Waals surface area contributed by atoms with Gasteiger partial charge in [-0.15, -0.1) is 0 Å². The molecule has 0 aliphatic carbocycles. The summed E-state index contributed by atoms with van der Waals surface area (Å²) in [6.07, 6.45) is 0. The fourth-order valence-corrected chi connectivity index (χ4v) is 4.29. The van der Waals surface area contributed by atoms with E-state index in [4.69, 9.17) is 9.47 Å². The summed E-state index contributed by atoms with van der Waals surface area (Å²) < 4.78 is 37.6. The highest BCUT2D eigenvalue weighted by Crippen LogP contribution is 2.30. The van der Waals surface area contributed by atoms with Crippen LogP contribution in [0.25, 0.3) is 0 Å². The van der Waals surface area contributed by atoms with E-state index in [9.17, 15) is 13.2 Å². The Labute approximate surface area is 179 Å². The van der Waals surface area contributed by atoms with Gasteiger partial charge in [0.15, 0.2) is 0 Å². The molecule has 0 fully saturated rings. The second kappa shape index (κ2) is 9.95. The molecule has 0 saturated carbocycles. The van der Waals surface area contributed by atoms with Crippen LogP contribution in [0.15, 0.2) is 47.4 Å². The molecule has 0 bridgehead atoms. The minimum atomic E-state index is -3.91. The maximum atomic E-state index is 13.1. The Kier molecular flexibility index (Phi) is 7.86. The lowest BCUT2D eigenvalue weighted by Gasteiger charge is -2.21. The number of carbonyl (C=O) groups excluding carboxylic acids is 1. The van der Waals surface area contributed by atoms with Crippen LogP contribution in [0.5, 0.6) is 11.5 Å². The molecule has 30 heavy (non-hydrogen) atoms. The third-order valence-electron chi connectivity index (χ3n) is 4.90. The number of benzene rings is 2. The van der Waals surface area contributed by atoms with Crippen molar-refractivity contribution in [1.29, 1.82) is 0 Å². The molecule has 0 aliphatic heterocycles. The number of nitrogens with zero attached hydrogens (tertiary/aromatic N) is 1. The van der Waals surface area contributed by atoms with Crippen LogP contribution in [0, 0.1) is 0 Å². The van der Waals surface area contributed by atoms with Crippen LogP contribution in [0.4, 0.5) is 0 Å². The summed E-state index contributed by atoms with van der Waals surface area (Å²) in [6.45, 7) is 5.49. The summed E-state index contributed by atoms with van der Waals surface area (Å²) in [7, 11) is 0.481. The van der Waals surface area contributed by atoms with Gasteiger partial charge in [0.05, 0.1) is 26.8 Å². The number of likely N-dealkylation sites (N-methyl/N-ethyl adjacent to an activating group) is 1. The van der Waals surface area contributed by atoms with Crippen molar-refractivity contribution < 1.29 is 22.7 Å². The molecule has 0 radical (unpaired) electrons. The minimum Gasteiger partial charge on any atom is -0.497 e. The van der Waals surface area contributed by atoms with E-state index < -0.39 is 15.9 Å². The zero-order valence-corrected chi connectivity index (χ0v) is 19.1. The van der Waals surface area contributed by atoms with Crippen LogP contribution >= 0.6 is 0 Å². The molecule has 164 valence electrons. The van der Waals surface area contributed by atoms with E-state index in [1.807, 2.05) is 51.1 Å². The molecule has 8 heteroatoms. The molecule has 2 aromatic carbocycles. The van der Waals surface area contributed by atoms with Gasteiger partial charge < -0.3 is 14.8 Å². The van der Waals surface area contributed by atoms with Gasteiger partial charge in [-0.25, -0.2) is 8.42 Å². The predicted octanol–water partition coefficient (Wildman–Crippen LogP) is 3.33.